The SMILES string of the molecule is Cl.O=C(NC12CNCC1C2)OCc1ccccc1. The first kappa shape index (κ1) is 13.2. The third-order valence-corrected chi connectivity index (χ3v) is 3.63. The second-order valence-electron chi connectivity index (χ2n) is 4.87. The molecule has 3 rings (SSSR count). The van der Waals surface area contributed by atoms with Crippen LogP contribution in [0, 0.1) is 5.92 Å². The van der Waals surface area contributed by atoms with E-state index >= 15 is 0 Å². The summed E-state index contributed by atoms with van der Waals surface area (Å²) in [6.45, 7) is 2.22. The quantitative estimate of drug-likeness (QED) is 0.877. The number of piperidine rings is 1. The minimum Gasteiger partial charge on any atom is -0.445 e. The van der Waals surface area contributed by atoms with E-state index in [9.17, 15) is 4.79 Å². The number of alkyl carbamates (subject to hydrolysis) is 1. The summed E-state index contributed by atoms with van der Waals surface area (Å²) in [7, 11) is 0. The van der Waals surface area contributed by atoms with Crippen molar-refractivity contribution in [3.8, 4) is 0 Å². The monoisotopic (exact) mass is 268 g/mol. The number of carbonyl (C=O) groups excluding carboxylic acids is 1. The summed E-state index contributed by atoms with van der Waals surface area (Å²) in [4.78, 5) is 11.6. The predicted molar refractivity (Wildman–Crippen MR) is 70.7 cm³/mol. The molecule has 2 unspecified atom stereocenters. The number of ether oxygens (including phenoxy) is 1. The molecule has 1 saturated carbocycles. The zero-order chi connectivity index (χ0) is 11.7. The molecule has 1 amide bonds. The molecular formula is C13H17ClN2O2. The van der Waals surface area contributed by atoms with Crippen molar-refractivity contribution in [1.82, 2.24) is 10.6 Å². The maximum Gasteiger partial charge on any atom is 0.407 e. The third kappa shape index (κ3) is 2.60. The molecular weight excluding hydrogens is 252 g/mol. The van der Waals surface area contributed by atoms with Crippen LogP contribution < -0.4 is 10.6 Å². The molecule has 0 spiro atoms. The average molecular weight is 269 g/mol. The Morgan fingerprint density at radius 2 is 2.22 bits per heavy atom. The van der Waals surface area contributed by atoms with Crippen molar-refractivity contribution in [3.63, 3.8) is 0 Å². The molecule has 1 aromatic carbocycles. The van der Waals surface area contributed by atoms with E-state index in [1.807, 2.05) is 30.3 Å². The van der Waals surface area contributed by atoms with Gasteiger partial charge in [0, 0.05) is 13.1 Å². The van der Waals surface area contributed by atoms with Gasteiger partial charge in [-0.25, -0.2) is 4.79 Å². The number of nitrogens with one attached hydrogen (secondary N) is 2. The van der Waals surface area contributed by atoms with E-state index in [-0.39, 0.29) is 24.0 Å². The van der Waals surface area contributed by atoms with Gasteiger partial charge in [0.15, 0.2) is 0 Å². The summed E-state index contributed by atoms with van der Waals surface area (Å²) in [6, 6.07) is 9.72. The molecule has 4 nitrogen and oxygen atoms in total. The van der Waals surface area contributed by atoms with Crippen LogP contribution in [-0.2, 0) is 11.3 Å². The Balaban J connectivity index is 0.00000120. The van der Waals surface area contributed by atoms with Gasteiger partial charge in [0.1, 0.15) is 6.61 Å². The number of benzene rings is 1. The van der Waals surface area contributed by atoms with Gasteiger partial charge in [0.05, 0.1) is 5.54 Å². The summed E-state index contributed by atoms with van der Waals surface area (Å²) in [5.74, 6) is 0.603. The lowest BCUT2D eigenvalue weighted by molar-refractivity contribution is 0.134. The smallest absolute Gasteiger partial charge is 0.407 e. The molecule has 1 saturated heterocycles. The van der Waals surface area contributed by atoms with E-state index in [1.165, 1.54) is 0 Å². The first-order valence-corrected chi connectivity index (χ1v) is 5.98. The van der Waals surface area contributed by atoms with Crippen molar-refractivity contribution < 1.29 is 9.53 Å². The maximum absolute atomic E-state index is 11.6. The van der Waals surface area contributed by atoms with Gasteiger partial charge < -0.3 is 15.4 Å². The molecule has 1 aliphatic heterocycles. The first-order chi connectivity index (χ1) is 8.28. The fourth-order valence-electron chi connectivity index (χ4n) is 2.49. The van der Waals surface area contributed by atoms with Crippen LogP contribution in [0.25, 0.3) is 0 Å². The Labute approximate surface area is 113 Å². The van der Waals surface area contributed by atoms with Crippen LogP contribution in [0.2, 0.25) is 0 Å². The molecule has 1 heterocycles. The van der Waals surface area contributed by atoms with Crippen molar-refractivity contribution in [2.75, 3.05) is 13.1 Å². The second-order valence-corrected chi connectivity index (χ2v) is 4.87. The lowest BCUT2D eigenvalue weighted by atomic mass is 10.2. The Kier molecular flexibility index (Phi) is 3.78. The average Bonchev–Trinajstić information content (AvgIpc) is 2.88. The molecule has 2 fully saturated rings. The standard InChI is InChI=1S/C13H16N2O2.ClH/c16-12(15-13-6-11(13)7-14-9-13)17-8-10-4-2-1-3-5-10;/h1-5,11,14H,6-9H2,(H,15,16);1H. The highest BCUT2D eigenvalue weighted by molar-refractivity contribution is 5.85. The van der Waals surface area contributed by atoms with Crippen molar-refractivity contribution in [3.05, 3.63) is 35.9 Å². The van der Waals surface area contributed by atoms with Gasteiger partial charge in [0.2, 0.25) is 0 Å². The number of carbonyl (C=O) groups is 1. The highest BCUT2D eigenvalue weighted by Gasteiger charge is 2.58. The van der Waals surface area contributed by atoms with Crippen molar-refractivity contribution >= 4 is 18.5 Å². The van der Waals surface area contributed by atoms with Gasteiger partial charge in [-0.1, -0.05) is 30.3 Å². The highest BCUT2D eigenvalue weighted by Crippen LogP contribution is 2.45. The van der Waals surface area contributed by atoms with E-state index in [1.54, 1.807) is 0 Å². The van der Waals surface area contributed by atoms with Crippen LogP contribution in [0.1, 0.15) is 12.0 Å². The Bertz CT molecular complexity index is 426. The largest absolute Gasteiger partial charge is 0.445 e. The summed E-state index contributed by atoms with van der Waals surface area (Å²) in [5, 5.41) is 6.25. The molecule has 1 aromatic rings. The normalized spacial score (nSPS) is 27.9. The van der Waals surface area contributed by atoms with Gasteiger partial charge in [-0.3, -0.25) is 0 Å². The van der Waals surface area contributed by atoms with Crippen molar-refractivity contribution in [2.24, 2.45) is 5.92 Å². The molecule has 2 N–H and O–H groups in total. The van der Waals surface area contributed by atoms with Crippen LogP contribution in [0.15, 0.2) is 30.3 Å². The molecule has 98 valence electrons. The zero-order valence-corrected chi connectivity index (χ0v) is 10.8. The third-order valence-electron chi connectivity index (χ3n) is 3.63. The summed E-state index contributed by atoms with van der Waals surface area (Å²) in [5.41, 5.74) is 1.00. The van der Waals surface area contributed by atoms with Crippen molar-refractivity contribution in [2.45, 2.75) is 18.6 Å². The predicted octanol–water partition coefficient (Wildman–Crippen LogP) is 1.70. The molecule has 2 aliphatic rings. The van der Waals surface area contributed by atoms with Gasteiger partial charge >= 0.3 is 6.09 Å². The van der Waals surface area contributed by atoms with Gasteiger partial charge in [-0.05, 0) is 17.9 Å². The number of amides is 1. The molecule has 18 heavy (non-hydrogen) atoms. The van der Waals surface area contributed by atoms with Gasteiger partial charge in [-0.2, -0.15) is 0 Å². The molecule has 0 bridgehead atoms. The Morgan fingerprint density at radius 3 is 2.83 bits per heavy atom. The summed E-state index contributed by atoms with van der Waals surface area (Å²) in [6.07, 6.45) is 0.778. The highest BCUT2D eigenvalue weighted by atomic mass is 35.5. The van der Waals surface area contributed by atoms with Crippen molar-refractivity contribution in [1.29, 1.82) is 0 Å². The van der Waals surface area contributed by atoms with E-state index in [2.05, 4.69) is 10.6 Å². The van der Waals surface area contributed by atoms with Crippen LogP contribution in [0.3, 0.4) is 0 Å². The van der Waals surface area contributed by atoms with Crippen LogP contribution >= 0.6 is 12.4 Å². The summed E-state index contributed by atoms with van der Waals surface area (Å²) < 4.78 is 5.20. The zero-order valence-electron chi connectivity index (χ0n) is 10.0. The minimum absolute atomic E-state index is 0. The topological polar surface area (TPSA) is 50.4 Å². The molecule has 0 radical (unpaired) electrons. The fraction of sp³-hybridized carbons (Fsp3) is 0.462. The molecule has 5 heteroatoms. The lowest BCUT2D eigenvalue weighted by Crippen LogP contribution is -2.41. The van der Waals surface area contributed by atoms with E-state index in [4.69, 9.17) is 4.74 Å². The van der Waals surface area contributed by atoms with Crippen LogP contribution in [0.4, 0.5) is 4.79 Å². The fourth-order valence-corrected chi connectivity index (χ4v) is 2.49. The number of hydrogen-bond donors (Lipinski definition) is 2. The number of fused-ring (bicyclic) bond motifs is 1. The minimum atomic E-state index is -0.306. The number of halogens is 1. The Morgan fingerprint density at radius 1 is 1.44 bits per heavy atom. The first-order valence-electron chi connectivity index (χ1n) is 5.98. The Hall–Kier alpha value is -1.26. The van der Waals surface area contributed by atoms with E-state index < -0.39 is 0 Å². The van der Waals surface area contributed by atoms with Crippen LogP contribution in [-0.4, -0.2) is 24.7 Å². The number of rotatable bonds is 3. The molecule has 0 aromatic heterocycles. The summed E-state index contributed by atoms with van der Waals surface area (Å²) >= 11 is 0. The number of hydrogen-bond acceptors (Lipinski definition) is 3. The molecule has 1 aliphatic carbocycles. The lowest BCUT2D eigenvalue weighted by Gasteiger charge is -2.14. The second kappa shape index (κ2) is 5.16. The molecule has 2 atom stereocenters. The van der Waals surface area contributed by atoms with E-state index in [0.717, 1.165) is 25.1 Å². The maximum atomic E-state index is 11.6. The van der Waals surface area contributed by atoms with Crippen LogP contribution in [0.5, 0.6) is 0 Å². The van der Waals surface area contributed by atoms with Gasteiger partial charge in [0.25, 0.3) is 0 Å². The van der Waals surface area contributed by atoms with Gasteiger partial charge in [-0.15, -0.1) is 12.4 Å². The van der Waals surface area contributed by atoms with E-state index in [0.29, 0.717) is 12.5 Å².